The summed E-state index contributed by atoms with van der Waals surface area (Å²) >= 11 is 5.75. The molecule has 0 heterocycles. The molecule has 0 aliphatic carbocycles. The minimum atomic E-state index is -0.0985. The van der Waals surface area contributed by atoms with Gasteiger partial charge in [0.25, 0.3) is 0 Å². The maximum atomic E-state index is 11.6. The van der Waals surface area contributed by atoms with Crippen LogP contribution in [0.25, 0.3) is 0 Å². The Morgan fingerprint density at radius 2 is 2.00 bits per heavy atom. The van der Waals surface area contributed by atoms with E-state index in [0.29, 0.717) is 24.8 Å². The van der Waals surface area contributed by atoms with E-state index in [1.54, 1.807) is 24.3 Å². The molecule has 0 radical (unpaired) electrons. The number of ether oxygens (including phenoxy) is 1. The molecule has 106 valence electrons. The number of aliphatic hydroxyl groups excluding tert-OH is 1. The van der Waals surface area contributed by atoms with Gasteiger partial charge in [-0.3, -0.25) is 4.79 Å². The first kappa shape index (κ1) is 15.9. The molecule has 6 heteroatoms. The molecule has 0 aromatic heterocycles. The van der Waals surface area contributed by atoms with Crippen molar-refractivity contribution in [3.63, 3.8) is 0 Å². The van der Waals surface area contributed by atoms with Gasteiger partial charge in [-0.15, -0.1) is 0 Å². The number of benzene rings is 1. The van der Waals surface area contributed by atoms with Crippen molar-refractivity contribution in [3.8, 4) is 0 Å². The molecular formula is C13H19ClN2O3. The van der Waals surface area contributed by atoms with Gasteiger partial charge in [0.2, 0.25) is 5.91 Å². The quantitative estimate of drug-likeness (QED) is 0.598. The molecule has 3 N–H and O–H groups in total. The van der Waals surface area contributed by atoms with Crippen molar-refractivity contribution in [1.29, 1.82) is 0 Å². The van der Waals surface area contributed by atoms with Gasteiger partial charge in [-0.25, -0.2) is 0 Å². The van der Waals surface area contributed by atoms with Gasteiger partial charge >= 0.3 is 0 Å². The van der Waals surface area contributed by atoms with E-state index in [2.05, 4.69) is 10.6 Å². The molecule has 0 bridgehead atoms. The van der Waals surface area contributed by atoms with Crippen molar-refractivity contribution in [2.45, 2.75) is 6.42 Å². The molecule has 0 saturated carbocycles. The summed E-state index contributed by atoms with van der Waals surface area (Å²) in [5.41, 5.74) is 0.725. The number of carbonyl (C=O) groups is 1. The van der Waals surface area contributed by atoms with Crippen LogP contribution in [0.4, 0.5) is 5.69 Å². The average molecular weight is 287 g/mol. The van der Waals surface area contributed by atoms with Gasteiger partial charge in [0.05, 0.1) is 19.8 Å². The SMILES string of the molecule is O=C(CNCCCOCCO)Nc1ccc(Cl)cc1. The van der Waals surface area contributed by atoms with Gasteiger partial charge in [-0.2, -0.15) is 0 Å². The molecule has 1 rings (SSSR count). The van der Waals surface area contributed by atoms with Crippen LogP contribution in [0, 0.1) is 0 Å². The highest BCUT2D eigenvalue weighted by Crippen LogP contribution is 2.12. The summed E-state index contributed by atoms with van der Waals surface area (Å²) in [5.74, 6) is -0.0985. The molecule has 0 saturated heterocycles. The average Bonchev–Trinajstić information content (AvgIpc) is 2.40. The summed E-state index contributed by atoms with van der Waals surface area (Å²) < 4.78 is 5.09. The summed E-state index contributed by atoms with van der Waals surface area (Å²) in [7, 11) is 0. The number of anilines is 1. The molecule has 0 atom stereocenters. The number of rotatable bonds is 9. The smallest absolute Gasteiger partial charge is 0.238 e. The lowest BCUT2D eigenvalue weighted by atomic mass is 10.3. The molecule has 19 heavy (non-hydrogen) atoms. The number of halogens is 1. The minimum Gasteiger partial charge on any atom is -0.394 e. The highest BCUT2D eigenvalue weighted by molar-refractivity contribution is 6.30. The van der Waals surface area contributed by atoms with Crippen LogP contribution in [-0.4, -0.2) is 43.9 Å². The number of hydrogen-bond donors (Lipinski definition) is 3. The van der Waals surface area contributed by atoms with Crippen LogP contribution < -0.4 is 10.6 Å². The molecule has 0 aliphatic rings. The van der Waals surface area contributed by atoms with Gasteiger partial charge in [0.1, 0.15) is 0 Å². The van der Waals surface area contributed by atoms with Crippen LogP contribution in [0.5, 0.6) is 0 Å². The third-order valence-electron chi connectivity index (χ3n) is 2.29. The van der Waals surface area contributed by atoms with Gasteiger partial charge in [-0.1, -0.05) is 11.6 Å². The van der Waals surface area contributed by atoms with Crippen molar-refractivity contribution in [1.82, 2.24) is 5.32 Å². The van der Waals surface area contributed by atoms with Crippen molar-refractivity contribution < 1.29 is 14.6 Å². The van der Waals surface area contributed by atoms with Gasteiger partial charge in [-0.05, 0) is 37.2 Å². The first-order valence-electron chi connectivity index (χ1n) is 6.17. The Morgan fingerprint density at radius 3 is 2.68 bits per heavy atom. The van der Waals surface area contributed by atoms with Crippen LogP contribution in [0.15, 0.2) is 24.3 Å². The molecule has 0 aliphatic heterocycles. The fraction of sp³-hybridized carbons (Fsp3) is 0.462. The standard InChI is InChI=1S/C13H19ClN2O3/c14-11-2-4-12(5-3-11)16-13(18)10-15-6-1-8-19-9-7-17/h2-5,15,17H,1,6-10H2,(H,16,18). The van der Waals surface area contributed by atoms with Crippen molar-refractivity contribution >= 4 is 23.2 Å². The summed E-state index contributed by atoms with van der Waals surface area (Å²) in [6, 6.07) is 6.96. The second-order valence-corrected chi connectivity index (χ2v) is 4.36. The Hall–Kier alpha value is -1.14. The second kappa shape index (κ2) is 9.75. The summed E-state index contributed by atoms with van der Waals surface area (Å²) in [6.45, 7) is 1.92. The van der Waals surface area contributed by atoms with E-state index in [9.17, 15) is 4.79 Å². The van der Waals surface area contributed by atoms with Gasteiger partial charge < -0.3 is 20.5 Å². The fourth-order valence-corrected chi connectivity index (χ4v) is 1.53. The Labute approximate surface area is 117 Å². The zero-order valence-corrected chi connectivity index (χ0v) is 11.4. The highest BCUT2D eigenvalue weighted by atomic mass is 35.5. The third-order valence-corrected chi connectivity index (χ3v) is 2.54. The predicted molar refractivity (Wildman–Crippen MR) is 75.5 cm³/mol. The summed E-state index contributed by atoms with van der Waals surface area (Å²) in [6.07, 6.45) is 0.800. The van der Waals surface area contributed by atoms with Crippen LogP contribution in [0.1, 0.15) is 6.42 Å². The Kier molecular flexibility index (Phi) is 8.16. The van der Waals surface area contributed by atoms with Crippen LogP contribution in [0.2, 0.25) is 5.02 Å². The van der Waals surface area contributed by atoms with E-state index in [0.717, 1.165) is 12.1 Å². The lowest BCUT2D eigenvalue weighted by Crippen LogP contribution is -2.29. The van der Waals surface area contributed by atoms with Gasteiger partial charge in [0.15, 0.2) is 0 Å². The van der Waals surface area contributed by atoms with Crippen LogP contribution in [-0.2, 0) is 9.53 Å². The number of aliphatic hydroxyl groups is 1. The van der Waals surface area contributed by atoms with Crippen molar-refractivity contribution in [2.24, 2.45) is 0 Å². The highest BCUT2D eigenvalue weighted by Gasteiger charge is 2.01. The zero-order chi connectivity index (χ0) is 13.9. The molecule has 1 amide bonds. The zero-order valence-electron chi connectivity index (χ0n) is 10.7. The fourth-order valence-electron chi connectivity index (χ4n) is 1.41. The largest absolute Gasteiger partial charge is 0.394 e. The molecule has 1 aromatic carbocycles. The monoisotopic (exact) mass is 286 g/mol. The van der Waals surface area contributed by atoms with E-state index in [1.165, 1.54) is 0 Å². The minimum absolute atomic E-state index is 0.0386. The maximum absolute atomic E-state index is 11.6. The molecule has 0 unspecified atom stereocenters. The van der Waals surface area contributed by atoms with Crippen LogP contribution >= 0.6 is 11.6 Å². The number of carbonyl (C=O) groups excluding carboxylic acids is 1. The summed E-state index contributed by atoms with van der Waals surface area (Å²) in [5, 5.41) is 14.9. The van der Waals surface area contributed by atoms with E-state index in [4.69, 9.17) is 21.4 Å². The molecule has 0 fully saturated rings. The van der Waals surface area contributed by atoms with E-state index >= 15 is 0 Å². The first-order valence-corrected chi connectivity index (χ1v) is 6.55. The lowest BCUT2D eigenvalue weighted by molar-refractivity contribution is -0.115. The normalized spacial score (nSPS) is 10.4. The molecule has 0 spiro atoms. The maximum Gasteiger partial charge on any atom is 0.238 e. The first-order chi connectivity index (χ1) is 9.22. The Bertz CT molecular complexity index is 371. The van der Waals surface area contributed by atoms with Crippen molar-refractivity contribution in [3.05, 3.63) is 29.3 Å². The number of hydrogen-bond acceptors (Lipinski definition) is 4. The summed E-state index contributed by atoms with van der Waals surface area (Å²) in [4.78, 5) is 11.6. The second-order valence-electron chi connectivity index (χ2n) is 3.92. The lowest BCUT2D eigenvalue weighted by Gasteiger charge is -2.07. The Balaban J connectivity index is 2.06. The number of amides is 1. The number of nitrogens with one attached hydrogen (secondary N) is 2. The molecular weight excluding hydrogens is 268 g/mol. The Morgan fingerprint density at radius 1 is 1.26 bits per heavy atom. The topological polar surface area (TPSA) is 70.6 Å². The van der Waals surface area contributed by atoms with Crippen molar-refractivity contribution in [2.75, 3.05) is 38.2 Å². The van der Waals surface area contributed by atoms with E-state index in [1.807, 2.05) is 0 Å². The van der Waals surface area contributed by atoms with Gasteiger partial charge in [0, 0.05) is 17.3 Å². The predicted octanol–water partition coefficient (Wildman–Crippen LogP) is 1.27. The van der Waals surface area contributed by atoms with E-state index < -0.39 is 0 Å². The van der Waals surface area contributed by atoms with E-state index in [-0.39, 0.29) is 19.1 Å². The molecule has 1 aromatic rings. The third kappa shape index (κ3) is 7.79. The van der Waals surface area contributed by atoms with Crippen LogP contribution in [0.3, 0.4) is 0 Å². The molecule has 5 nitrogen and oxygen atoms in total.